The van der Waals surface area contributed by atoms with Crippen LogP contribution < -0.4 is 9.64 Å². The first-order chi connectivity index (χ1) is 14.9. The fourth-order valence-corrected chi connectivity index (χ4v) is 3.76. The molecule has 1 fully saturated rings. The highest BCUT2D eigenvalue weighted by molar-refractivity contribution is 6.52. The summed E-state index contributed by atoms with van der Waals surface area (Å²) in [7, 11) is 0. The van der Waals surface area contributed by atoms with Crippen LogP contribution in [0.5, 0.6) is 11.5 Å². The number of benzene rings is 2. The molecule has 1 saturated heterocycles. The number of aliphatic hydroxyl groups excluding tert-OH is 1. The van der Waals surface area contributed by atoms with Crippen molar-refractivity contribution in [3.8, 4) is 11.5 Å². The number of para-hydroxylation sites is 2. The number of nitrogens with zero attached hydrogens (tertiary/aromatic N) is 1. The van der Waals surface area contributed by atoms with Crippen LogP contribution in [-0.4, -0.2) is 28.5 Å². The predicted molar refractivity (Wildman–Crippen MR) is 114 cm³/mol. The Balaban J connectivity index is 1.94. The summed E-state index contributed by atoms with van der Waals surface area (Å²) >= 11 is 6.28. The van der Waals surface area contributed by atoms with Gasteiger partial charge < -0.3 is 19.4 Å². The third-order valence-electron chi connectivity index (χ3n) is 4.90. The van der Waals surface area contributed by atoms with E-state index in [1.165, 1.54) is 30.5 Å². The van der Waals surface area contributed by atoms with Gasteiger partial charge in [0.1, 0.15) is 29.1 Å². The molecule has 4 rings (SSSR count). The molecule has 158 valence electrons. The van der Waals surface area contributed by atoms with Crippen LogP contribution in [-0.2, 0) is 9.59 Å². The van der Waals surface area contributed by atoms with E-state index in [1.54, 1.807) is 30.3 Å². The minimum atomic E-state index is -1.10. The quantitative estimate of drug-likeness (QED) is 0.340. The number of phenols is 1. The molecule has 0 spiro atoms. The van der Waals surface area contributed by atoms with Gasteiger partial charge in [-0.2, -0.15) is 0 Å². The van der Waals surface area contributed by atoms with Crippen LogP contribution >= 0.6 is 11.6 Å². The molecule has 2 heterocycles. The Bertz CT molecular complexity index is 1180. The lowest BCUT2D eigenvalue weighted by Crippen LogP contribution is -2.29. The van der Waals surface area contributed by atoms with Crippen molar-refractivity contribution in [2.45, 2.75) is 13.0 Å². The van der Waals surface area contributed by atoms with E-state index >= 15 is 0 Å². The monoisotopic (exact) mass is 439 g/mol. The van der Waals surface area contributed by atoms with E-state index in [4.69, 9.17) is 20.8 Å². The van der Waals surface area contributed by atoms with Gasteiger partial charge in [0, 0.05) is 5.56 Å². The number of anilines is 1. The number of hydrogen-bond acceptors (Lipinski definition) is 6. The summed E-state index contributed by atoms with van der Waals surface area (Å²) in [4.78, 5) is 27.1. The van der Waals surface area contributed by atoms with Crippen LogP contribution in [0.1, 0.15) is 24.3 Å². The summed E-state index contributed by atoms with van der Waals surface area (Å²) in [6.07, 6.45) is 1.39. The van der Waals surface area contributed by atoms with Gasteiger partial charge in [0.15, 0.2) is 0 Å². The Hall–Kier alpha value is -3.71. The molecule has 1 aromatic heterocycles. The molecule has 1 unspecified atom stereocenters. The average Bonchev–Trinajstić information content (AvgIpc) is 3.37. The highest BCUT2D eigenvalue weighted by atomic mass is 35.5. The number of hydrogen-bond donors (Lipinski definition) is 2. The van der Waals surface area contributed by atoms with E-state index < -0.39 is 23.5 Å². The first-order valence-electron chi connectivity index (χ1n) is 9.49. The number of carbonyl (C=O) groups is 2. The third kappa shape index (κ3) is 3.53. The summed E-state index contributed by atoms with van der Waals surface area (Å²) in [5.74, 6) is -1.83. The topological polar surface area (TPSA) is 100 Å². The molecule has 2 N–H and O–H groups in total. The molecule has 2 aromatic carbocycles. The van der Waals surface area contributed by atoms with E-state index in [0.717, 1.165) is 4.90 Å². The summed E-state index contributed by atoms with van der Waals surface area (Å²) in [6, 6.07) is 12.8. The van der Waals surface area contributed by atoms with Gasteiger partial charge in [-0.25, -0.2) is 0 Å². The second-order valence-electron chi connectivity index (χ2n) is 6.75. The minimum Gasteiger partial charge on any atom is -0.507 e. The zero-order chi connectivity index (χ0) is 22.1. The van der Waals surface area contributed by atoms with Gasteiger partial charge in [-0.05, 0) is 49.4 Å². The second-order valence-corrected chi connectivity index (χ2v) is 7.16. The van der Waals surface area contributed by atoms with Crippen molar-refractivity contribution >= 4 is 34.7 Å². The molecule has 3 aromatic rings. The number of ketones is 1. The van der Waals surface area contributed by atoms with Crippen molar-refractivity contribution in [3.63, 3.8) is 0 Å². The van der Waals surface area contributed by atoms with Crippen molar-refractivity contribution in [3.05, 3.63) is 82.8 Å². The number of Topliss-reactive ketones (excluding diaryl/α,β-unsaturated/α-hetero) is 1. The summed E-state index contributed by atoms with van der Waals surface area (Å²) in [5, 5.41) is 21.6. The summed E-state index contributed by atoms with van der Waals surface area (Å²) in [6.45, 7) is 2.20. The Kier molecular flexibility index (Phi) is 5.44. The lowest BCUT2D eigenvalue weighted by atomic mass is 9.99. The number of aromatic hydroxyl groups is 1. The Morgan fingerprint density at radius 3 is 2.61 bits per heavy atom. The molecule has 0 bridgehead atoms. The maximum atomic E-state index is 13.0. The number of ether oxygens (including phenoxy) is 1. The largest absolute Gasteiger partial charge is 0.507 e. The van der Waals surface area contributed by atoms with Gasteiger partial charge in [0.2, 0.25) is 0 Å². The highest BCUT2D eigenvalue weighted by Gasteiger charge is 2.49. The number of amides is 1. The van der Waals surface area contributed by atoms with Gasteiger partial charge in [-0.3, -0.25) is 14.5 Å². The number of phenolic OH excluding ortho intramolecular Hbond substituents is 1. The SMILES string of the molecule is CCOc1ccc(Cl)c(/C(O)=C2/C(=O)C(=O)N(c3ccccc3O)C2c2ccco2)c1. The molecule has 0 saturated carbocycles. The van der Waals surface area contributed by atoms with Gasteiger partial charge in [0.05, 0.1) is 29.2 Å². The molecule has 0 radical (unpaired) electrons. The van der Waals surface area contributed by atoms with Gasteiger partial charge in [0.25, 0.3) is 11.7 Å². The first-order valence-corrected chi connectivity index (χ1v) is 9.87. The van der Waals surface area contributed by atoms with Crippen LogP contribution in [0.2, 0.25) is 5.02 Å². The Labute approximate surface area is 182 Å². The Morgan fingerprint density at radius 2 is 1.94 bits per heavy atom. The Morgan fingerprint density at radius 1 is 1.16 bits per heavy atom. The van der Waals surface area contributed by atoms with Crippen molar-refractivity contribution in [2.24, 2.45) is 0 Å². The maximum absolute atomic E-state index is 13.0. The number of carbonyl (C=O) groups excluding carboxylic acids is 2. The summed E-state index contributed by atoms with van der Waals surface area (Å²) < 4.78 is 10.9. The third-order valence-corrected chi connectivity index (χ3v) is 5.23. The number of aliphatic hydroxyl groups is 1. The minimum absolute atomic E-state index is 0.110. The van der Waals surface area contributed by atoms with Gasteiger partial charge in [-0.15, -0.1) is 0 Å². The molecular formula is C23H18ClNO6. The standard InChI is InChI=1S/C23H18ClNO6/c1-2-30-13-9-10-15(24)14(12-13)21(27)19-20(18-8-5-11-31-18)25(23(29)22(19)28)16-6-3-4-7-17(16)26/h3-12,20,26-27H,2H2,1H3/b21-19-. The molecular weight excluding hydrogens is 422 g/mol. The number of rotatable bonds is 5. The van der Waals surface area contributed by atoms with E-state index in [-0.39, 0.29) is 33.4 Å². The van der Waals surface area contributed by atoms with Crippen molar-refractivity contribution in [1.29, 1.82) is 0 Å². The lowest BCUT2D eigenvalue weighted by molar-refractivity contribution is -0.132. The van der Waals surface area contributed by atoms with Crippen LogP contribution in [0.4, 0.5) is 5.69 Å². The van der Waals surface area contributed by atoms with Crippen LogP contribution in [0.15, 0.2) is 70.9 Å². The molecule has 31 heavy (non-hydrogen) atoms. The predicted octanol–water partition coefficient (Wildman–Crippen LogP) is 4.66. The molecule has 7 nitrogen and oxygen atoms in total. The molecule has 1 amide bonds. The zero-order valence-corrected chi connectivity index (χ0v) is 17.2. The smallest absolute Gasteiger partial charge is 0.300 e. The molecule has 1 aliphatic heterocycles. The van der Waals surface area contributed by atoms with Crippen molar-refractivity contribution in [2.75, 3.05) is 11.5 Å². The molecule has 1 atom stereocenters. The van der Waals surface area contributed by atoms with E-state index in [2.05, 4.69) is 0 Å². The molecule has 8 heteroatoms. The van der Waals surface area contributed by atoms with Crippen molar-refractivity contribution < 1.29 is 29.0 Å². The average molecular weight is 440 g/mol. The summed E-state index contributed by atoms with van der Waals surface area (Å²) in [5.41, 5.74) is 0.0393. The van der Waals surface area contributed by atoms with Crippen LogP contribution in [0, 0.1) is 0 Å². The molecule has 1 aliphatic rings. The second kappa shape index (κ2) is 8.20. The van der Waals surface area contributed by atoms with E-state index in [1.807, 2.05) is 6.92 Å². The van der Waals surface area contributed by atoms with Gasteiger partial charge in [-0.1, -0.05) is 23.7 Å². The first kappa shape index (κ1) is 20.6. The van der Waals surface area contributed by atoms with Crippen molar-refractivity contribution in [1.82, 2.24) is 0 Å². The van der Waals surface area contributed by atoms with Crippen LogP contribution in [0.3, 0.4) is 0 Å². The normalized spacial score (nSPS) is 17.9. The fourth-order valence-electron chi connectivity index (χ4n) is 3.55. The number of halogens is 1. The number of furan rings is 1. The van der Waals surface area contributed by atoms with E-state index in [9.17, 15) is 19.8 Å². The highest BCUT2D eigenvalue weighted by Crippen LogP contribution is 2.45. The fraction of sp³-hybridized carbons (Fsp3) is 0.130. The lowest BCUT2D eigenvalue weighted by Gasteiger charge is -2.24. The van der Waals surface area contributed by atoms with Crippen LogP contribution in [0.25, 0.3) is 5.76 Å². The van der Waals surface area contributed by atoms with Gasteiger partial charge >= 0.3 is 0 Å². The zero-order valence-electron chi connectivity index (χ0n) is 16.4. The van der Waals surface area contributed by atoms with E-state index in [0.29, 0.717) is 12.4 Å². The molecule has 0 aliphatic carbocycles. The maximum Gasteiger partial charge on any atom is 0.300 e.